The number of fused-ring (bicyclic) bond motifs is 6. The number of hydrogen-bond acceptors (Lipinski definition) is 5. The molecule has 0 atom stereocenters. The molecule has 0 unspecified atom stereocenters. The highest BCUT2D eigenvalue weighted by Gasteiger charge is 2.22. The lowest BCUT2D eigenvalue weighted by molar-refractivity contribution is 0.174. The van der Waals surface area contributed by atoms with Gasteiger partial charge in [-0.05, 0) is 24.3 Å². The van der Waals surface area contributed by atoms with Crippen LogP contribution in [0.25, 0.3) is 32.8 Å². The number of aromatic nitrogens is 1. The number of pyridine rings is 1. The Hall–Kier alpha value is -3.08. The maximum atomic E-state index is 12.7. The van der Waals surface area contributed by atoms with Gasteiger partial charge in [-0.15, -0.1) is 0 Å². The summed E-state index contributed by atoms with van der Waals surface area (Å²) < 4.78 is 16.5. The summed E-state index contributed by atoms with van der Waals surface area (Å²) in [6.45, 7) is 0.137. The van der Waals surface area contributed by atoms with Gasteiger partial charge in [-0.25, -0.2) is 4.98 Å². The summed E-state index contributed by atoms with van der Waals surface area (Å²) in [5.74, 6) is 1.11. The summed E-state index contributed by atoms with van der Waals surface area (Å²) >= 11 is 0. The molecule has 106 valence electrons. The van der Waals surface area contributed by atoms with Gasteiger partial charge >= 0.3 is 0 Å². The second kappa shape index (κ2) is 3.98. The van der Waals surface area contributed by atoms with E-state index in [0.29, 0.717) is 44.3 Å². The molecule has 0 saturated carbocycles. The van der Waals surface area contributed by atoms with Crippen molar-refractivity contribution in [3.8, 4) is 11.5 Å². The van der Waals surface area contributed by atoms with Crippen molar-refractivity contribution >= 4 is 32.8 Å². The van der Waals surface area contributed by atoms with Crippen LogP contribution in [0.4, 0.5) is 0 Å². The minimum atomic E-state index is -0.0426. The number of hydrogen-bond donors (Lipinski definition) is 0. The minimum absolute atomic E-state index is 0.0426. The van der Waals surface area contributed by atoms with Crippen molar-refractivity contribution in [2.24, 2.45) is 0 Å². The largest absolute Gasteiger partial charge is 0.460 e. The van der Waals surface area contributed by atoms with E-state index in [4.69, 9.17) is 13.9 Å². The third-order valence-electron chi connectivity index (χ3n) is 3.93. The van der Waals surface area contributed by atoms with Gasteiger partial charge in [0.1, 0.15) is 11.8 Å². The van der Waals surface area contributed by atoms with Gasteiger partial charge in [0, 0.05) is 10.8 Å². The van der Waals surface area contributed by atoms with E-state index in [2.05, 4.69) is 4.98 Å². The van der Waals surface area contributed by atoms with Crippen molar-refractivity contribution < 1.29 is 13.9 Å². The van der Waals surface area contributed by atoms with Crippen LogP contribution < -0.4 is 14.9 Å². The van der Waals surface area contributed by atoms with Crippen molar-refractivity contribution in [3.05, 3.63) is 52.9 Å². The first kappa shape index (κ1) is 11.6. The average Bonchev–Trinajstić information content (AvgIpc) is 3.03. The van der Waals surface area contributed by atoms with E-state index in [-0.39, 0.29) is 12.2 Å². The predicted molar refractivity (Wildman–Crippen MR) is 81.4 cm³/mol. The molecule has 0 amide bonds. The normalized spacial score (nSPS) is 13.3. The summed E-state index contributed by atoms with van der Waals surface area (Å²) in [5, 5.41) is 1.83. The molecule has 3 heterocycles. The molecule has 2 aromatic heterocycles. The average molecular weight is 291 g/mol. The Labute approximate surface area is 123 Å². The number of rotatable bonds is 0. The van der Waals surface area contributed by atoms with Crippen molar-refractivity contribution in [3.63, 3.8) is 0 Å². The Bertz CT molecular complexity index is 1130. The summed E-state index contributed by atoms with van der Waals surface area (Å²) in [7, 11) is 0. The van der Waals surface area contributed by atoms with Crippen molar-refractivity contribution in [2.45, 2.75) is 0 Å². The van der Waals surface area contributed by atoms with Gasteiger partial charge in [-0.2, -0.15) is 0 Å². The van der Waals surface area contributed by atoms with Crippen LogP contribution >= 0.6 is 0 Å². The Morgan fingerprint density at radius 3 is 2.86 bits per heavy atom. The van der Waals surface area contributed by atoms with Crippen molar-refractivity contribution in [2.75, 3.05) is 6.79 Å². The summed E-state index contributed by atoms with van der Waals surface area (Å²) in [4.78, 5) is 17.3. The number of ether oxygens (including phenoxy) is 2. The smallest absolute Gasteiger partial charge is 0.231 e. The zero-order valence-corrected chi connectivity index (χ0v) is 11.3. The molecular formula is C17H9NO4. The van der Waals surface area contributed by atoms with Gasteiger partial charge in [0.25, 0.3) is 0 Å². The molecule has 5 heteroatoms. The SMILES string of the molecule is O=c1c2ccccc2nc2c1ccc1occ3c(c12)OCO3. The van der Waals surface area contributed by atoms with E-state index >= 15 is 0 Å². The first-order valence-electron chi connectivity index (χ1n) is 6.85. The van der Waals surface area contributed by atoms with E-state index in [1.54, 1.807) is 18.2 Å². The van der Waals surface area contributed by atoms with Crippen molar-refractivity contribution in [1.82, 2.24) is 4.98 Å². The van der Waals surface area contributed by atoms with Gasteiger partial charge in [0.05, 0.1) is 16.4 Å². The number of benzene rings is 2. The fourth-order valence-corrected chi connectivity index (χ4v) is 2.91. The van der Waals surface area contributed by atoms with Crippen LogP contribution in [0.2, 0.25) is 0 Å². The number of nitrogens with zero attached hydrogens (tertiary/aromatic N) is 1. The molecule has 2 aromatic carbocycles. The molecule has 0 N–H and O–H groups in total. The van der Waals surface area contributed by atoms with Crippen LogP contribution in [0.1, 0.15) is 0 Å². The van der Waals surface area contributed by atoms with E-state index in [0.717, 1.165) is 0 Å². The Kier molecular flexibility index (Phi) is 2.09. The van der Waals surface area contributed by atoms with E-state index in [1.807, 2.05) is 18.2 Å². The lowest BCUT2D eigenvalue weighted by Crippen LogP contribution is -2.04. The lowest BCUT2D eigenvalue weighted by atomic mass is 10.1. The monoisotopic (exact) mass is 291 g/mol. The highest BCUT2D eigenvalue weighted by molar-refractivity contribution is 6.10. The molecule has 1 aliphatic heterocycles. The maximum absolute atomic E-state index is 12.7. The fourth-order valence-electron chi connectivity index (χ4n) is 2.91. The first-order valence-corrected chi connectivity index (χ1v) is 6.85. The van der Waals surface area contributed by atoms with Crippen molar-refractivity contribution in [1.29, 1.82) is 0 Å². The Morgan fingerprint density at radius 1 is 1.00 bits per heavy atom. The van der Waals surface area contributed by atoms with Crippen LogP contribution in [-0.4, -0.2) is 11.8 Å². The van der Waals surface area contributed by atoms with Crippen LogP contribution in [0.15, 0.2) is 51.9 Å². The first-order chi connectivity index (χ1) is 10.8. The van der Waals surface area contributed by atoms with Crippen LogP contribution in [0, 0.1) is 0 Å². The van der Waals surface area contributed by atoms with Gasteiger partial charge in [-0.3, -0.25) is 4.79 Å². The zero-order chi connectivity index (χ0) is 14.7. The minimum Gasteiger partial charge on any atom is -0.460 e. The quantitative estimate of drug-likeness (QED) is 0.368. The third kappa shape index (κ3) is 1.37. The second-order valence-electron chi connectivity index (χ2n) is 5.13. The molecule has 0 bridgehead atoms. The van der Waals surface area contributed by atoms with Gasteiger partial charge < -0.3 is 13.9 Å². The van der Waals surface area contributed by atoms with Crippen LogP contribution in [0.5, 0.6) is 11.5 Å². The molecule has 5 rings (SSSR count). The van der Waals surface area contributed by atoms with E-state index in [1.165, 1.54) is 6.26 Å². The zero-order valence-electron chi connectivity index (χ0n) is 11.3. The Balaban J connectivity index is 2.09. The highest BCUT2D eigenvalue weighted by Crippen LogP contribution is 2.41. The molecule has 0 aliphatic carbocycles. The molecule has 4 aromatic rings. The van der Waals surface area contributed by atoms with Gasteiger partial charge in [-0.1, -0.05) is 12.1 Å². The molecule has 22 heavy (non-hydrogen) atoms. The molecule has 1 aliphatic rings. The maximum Gasteiger partial charge on any atom is 0.231 e. The summed E-state index contributed by atoms with van der Waals surface area (Å²) in [5.41, 5.74) is 1.80. The fraction of sp³-hybridized carbons (Fsp3) is 0.0588. The third-order valence-corrected chi connectivity index (χ3v) is 3.93. The van der Waals surface area contributed by atoms with Crippen LogP contribution in [-0.2, 0) is 0 Å². The predicted octanol–water partition coefficient (Wildman–Crippen LogP) is 3.22. The topological polar surface area (TPSA) is 61.6 Å². The van der Waals surface area contributed by atoms with E-state index < -0.39 is 0 Å². The summed E-state index contributed by atoms with van der Waals surface area (Å²) in [6, 6.07) is 10.8. The molecule has 5 nitrogen and oxygen atoms in total. The summed E-state index contributed by atoms with van der Waals surface area (Å²) in [6.07, 6.45) is 1.51. The molecule has 0 spiro atoms. The molecular weight excluding hydrogens is 282 g/mol. The van der Waals surface area contributed by atoms with Gasteiger partial charge in [0.2, 0.25) is 12.5 Å². The second-order valence-corrected chi connectivity index (χ2v) is 5.13. The highest BCUT2D eigenvalue weighted by atomic mass is 16.7. The van der Waals surface area contributed by atoms with E-state index in [9.17, 15) is 4.79 Å². The molecule has 0 radical (unpaired) electrons. The van der Waals surface area contributed by atoms with Gasteiger partial charge in [0.15, 0.2) is 11.2 Å². The standard InChI is InChI=1S/C17H9NO4/c19-16-9-3-1-2-4-11(9)18-15-10(16)5-6-12-14(15)17-13(7-20-12)21-8-22-17/h1-7H,8H2. The van der Waals surface area contributed by atoms with Crippen LogP contribution in [0.3, 0.4) is 0 Å². The number of para-hydroxylation sites is 1. The Morgan fingerprint density at radius 2 is 1.91 bits per heavy atom. The molecule has 0 saturated heterocycles. The lowest BCUT2D eigenvalue weighted by Gasteiger charge is -2.06. The molecule has 0 fully saturated rings.